The molecule has 33 heavy (non-hydrogen) atoms. The van der Waals surface area contributed by atoms with Crippen LogP contribution in [0.5, 0.6) is 0 Å². The predicted molar refractivity (Wildman–Crippen MR) is 114 cm³/mol. The normalized spacial score (nSPS) is 27.5. The Balaban J connectivity index is 1.73. The highest BCUT2D eigenvalue weighted by Crippen LogP contribution is 2.66. The van der Waals surface area contributed by atoms with Crippen molar-refractivity contribution in [2.24, 2.45) is 0 Å². The van der Waals surface area contributed by atoms with Gasteiger partial charge in [-0.05, 0) is 18.1 Å². The smallest absolute Gasteiger partial charge is 0.387 e. The van der Waals surface area contributed by atoms with Gasteiger partial charge in [0.15, 0.2) is 22.8 Å². The molecule has 1 aliphatic heterocycles. The zero-order chi connectivity index (χ0) is 24.8. The Hall–Kier alpha value is -0.590. The molecule has 0 amide bonds. The third kappa shape index (κ3) is 6.55. The molecule has 0 bridgehead atoms. The number of fused-ring (bicyclic) bond motifs is 1. The number of aliphatic hydroxyl groups is 2. The molecule has 17 nitrogen and oxygen atoms in total. The van der Waals surface area contributed by atoms with Crippen molar-refractivity contribution < 1.29 is 56.8 Å². The van der Waals surface area contributed by atoms with Crippen LogP contribution in [0.1, 0.15) is 6.23 Å². The molecule has 0 aromatic carbocycles. The molecule has 0 radical (unpaired) electrons. The van der Waals surface area contributed by atoms with Crippen molar-refractivity contribution in [1.29, 1.82) is 0 Å². The number of aromatic nitrogens is 4. The molecule has 1 aliphatic rings. The van der Waals surface area contributed by atoms with Crippen LogP contribution in [-0.2, 0) is 38.8 Å². The monoisotopic (exact) mass is 569 g/mol. The van der Waals surface area contributed by atoms with Gasteiger partial charge in [-0.1, -0.05) is 11.8 Å². The molecule has 2 aromatic rings. The molecular formula is C11H18N5O12P3S2. The van der Waals surface area contributed by atoms with Gasteiger partial charge in [0, 0.05) is 0 Å². The fourth-order valence-corrected chi connectivity index (χ4v) is 7.10. The number of aliphatic hydroxyl groups excluding tert-OH is 2. The largest absolute Gasteiger partial charge is 0.488 e. The average molecular weight is 569 g/mol. The maximum Gasteiger partial charge on any atom is 0.488 e. The summed E-state index contributed by atoms with van der Waals surface area (Å²) in [6, 6.07) is 0. The first-order valence-corrected chi connectivity index (χ1v) is 15.3. The number of ether oxygens (including phenoxy) is 1. The minimum atomic E-state index is -5.50. The van der Waals surface area contributed by atoms with Gasteiger partial charge in [-0.15, -0.1) is 0 Å². The van der Waals surface area contributed by atoms with Crippen LogP contribution >= 0.6 is 34.1 Å². The van der Waals surface area contributed by atoms with Crippen LogP contribution in [0.4, 0.5) is 5.82 Å². The van der Waals surface area contributed by atoms with E-state index in [1.165, 1.54) is 22.7 Å². The summed E-state index contributed by atoms with van der Waals surface area (Å²) < 4.78 is 41.6. The number of hydrogen-bond donors (Lipinski definition) is 7. The van der Waals surface area contributed by atoms with E-state index >= 15 is 0 Å². The summed E-state index contributed by atoms with van der Waals surface area (Å²) in [7, 11) is -11.0. The predicted octanol–water partition coefficient (Wildman–Crippen LogP) is -0.791. The summed E-state index contributed by atoms with van der Waals surface area (Å²) in [5.41, 5.74) is 6.28. The lowest BCUT2D eigenvalue weighted by Gasteiger charge is -2.21. The van der Waals surface area contributed by atoms with E-state index in [0.29, 0.717) is 5.16 Å². The van der Waals surface area contributed by atoms with Crippen LogP contribution in [0.2, 0.25) is 0 Å². The van der Waals surface area contributed by atoms with Crippen molar-refractivity contribution in [2.45, 2.75) is 29.7 Å². The lowest BCUT2D eigenvalue weighted by atomic mass is 10.1. The zero-order valence-corrected chi connectivity index (χ0v) is 20.6. The number of imidazole rings is 1. The molecular weight excluding hydrogens is 551 g/mol. The minimum Gasteiger partial charge on any atom is -0.387 e. The quantitative estimate of drug-likeness (QED) is 0.111. The molecule has 0 saturated carbocycles. The zero-order valence-electron chi connectivity index (χ0n) is 16.3. The summed E-state index contributed by atoms with van der Waals surface area (Å²) in [6.07, 6.45) is -2.72. The maximum atomic E-state index is 11.6. The van der Waals surface area contributed by atoms with Crippen molar-refractivity contribution in [3.8, 4) is 0 Å². The number of nitrogen functional groups attached to an aromatic ring is 1. The Bertz CT molecular complexity index is 1180. The third-order valence-corrected chi connectivity index (χ3v) is 9.31. The van der Waals surface area contributed by atoms with E-state index in [1.807, 2.05) is 0 Å². The van der Waals surface area contributed by atoms with E-state index < -0.39 is 53.5 Å². The summed E-state index contributed by atoms with van der Waals surface area (Å²) in [5.74, 6) is 0.0834. The molecule has 3 rings (SSSR count). The molecule has 3 heterocycles. The molecule has 8 N–H and O–H groups in total. The van der Waals surface area contributed by atoms with E-state index in [4.69, 9.17) is 24.8 Å². The first kappa shape index (κ1) is 27.0. The highest BCUT2D eigenvalue weighted by molar-refractivity contribution is 8.08. The Kier molecular flexibility index (Phi) is 8.03. The van der Waals surface area contributed by atoms with Gasteiger partial charge in [-0.2, -0.15) is 4.31 Å². The fourth-order valence-electron chi connectivity index (χ4n) is 2.76. The van der Waals surface area contributed by atoms with Gasteiger partial charge in [-0.25, -0.2) is 28.4 Å². The van der Waals surface area contributed by atoms with Crippen molar-refractivity contribution in [2.75, 3.05) is 18.6 Å². The highest BCUT2D eigenvalue weighted by Gasteiger charge is 2.46. The van der Waals surface area contributed by atoms with Crippen LogP contribution in [0.3, 0.4) is 0 Å². The number of nitrogens with zero attached hydrogens (tertiary/aromatic N) is 4. The first-order chi connectivity index (χ1) is 15.1. The standard InChI is InChI=1S/C11H18N5O12P3S2/c1-33-11-14-8(12)5-9(15-11)16(3-13-5)10-7(18)6(17)4(26-10)2-25-31(24,32)28-30(22,23)27-29(19,20)21/h3-4,6-7,10,17-18H,2H2,1H3,(H,22,23)(H,24,32)(H2,12,14,15)(H2,19,20,21)/t4-,6-,7-,10?,31?/m1/s1. The molecule has 186 valence electrons. The topological polar surface area (TPSA) is 262 Å². The van der Waals surface area contributed by atoms with Gasteiger partial charge in [-0.3, -0.25) is 4.57 Å². The molecule has 0 aliphatic carbocycles. The van der Waals surface area contributed by atoms with Gasteiger partial charge >= 0.3 is 22.4 Å². The molecule has 1 fully saturated rings. The molecule has 22 heteroatoms. The van der Waals surface area contributed by atoms with Crippen LogP contribution in [0.25, 0.3) is 11.2 Å². The van der Waals surface area contributed by atoms with Crippen LogP contribution in [0, 0.1) is 0 Å². The second-order valence-corrected chi connectivity index (χ2v) is 12.9. The van der Waals surface area contributed by atoms with Crippen LogP contribution in [0.15, 0.2) is 11.5 Å². The summed E-state index contributed by atoms with van der Waals surface area (Å²) in [6.45, 7) is -5.37. The second kappa shape index (κ2) is 9.81. The molecule has 2 aromatic heterocycles. The number of nitrogens with two attached hydrogens (primary N) is 1. The van der Waals surface area contributed by atoms with Gasteiger partial charge in [0.1, 0.15) is 23.8 Å². The van der Waals surface area contributed by atoms with Crippen molar-refractivity contribution >= 4 is 62.9 Å². The Morgan fingerprint density at radius 1 is 1.21 bits per heavy atom. The van der Waals surface area contributed by atoms with Gasteiger partial charge < -0.3 is 44.8 Å². The van der Waals surface area contributed by atoms with E-state index in [1.54, 1.807) is 6.26 Å². The Morgan fingerprint density at radius 3 is 2.48 bits per heavy atom. The highest BCUT2D eigenvalue weighted by atomic mass is 32.5. The van der Waals surface area contributed by atoms with Crippen molar-refractivity contribution in [1.82, 2.24) is 19.5 Å². The van der Waals surface area contributed by atoms with Gasteiger partial charge in [0.25, 0.3) is 0 Å². The Morgan fingerprint density at radius 2 is 1.88 bits per heavy atom. The molecule has 3 unspecified atom stereocenters. The van der Waals surface area contributed by atoms with Crippen LogP contribution < -0.4 is 5.73 Å². The lowest BCUT2D eigenvalue weighted by molar-refractivity contribution is -0.0486. The average Bonchev–Trinajstić information content (AvgIpc) is 3.19. The summed E-state index contributed by atoms with van der Waals surface area (Å²) in [5, 5.41) is 21.1. The number of phosphoric acid groups is 2. The van der Waals surface area contributed by atoms with E-state index in [-0.39, 0.29) is 17.0 Å². The number of hydrogen-bond acceptors (Lipinski definition) is 14. The summed E-state index contributed by atoms with van der Waals surface area (Å²) >= 11 is 5.71. The van der Waals surface area contributed by atoms with Gasteiger partial charge in [0.2, 0.25) is 0 Å². The number of thioether (sulfide) groups is 1. The second-order valence-electron chi connectivity index (χ2n) is 6.35. The Labute approximate surface area is 194 Å². The van der Waals surface area contributed by atoms with Gasteiger partial charge in [0.05, 0.1) is 12.9 Å². The SMILES string of the molecule is CSc1nc(N)c2ncn(C3O[C@H](COP(O)(=S)OP(=O)(O)OP(=O)(O)O)[C@@H](O)[C@H]3O)c2n1. The van der Waals surface area contributed by atoms with Crippen molar-refractivity contribution in [3.63, 3.8) is 0 Å². The third-order valence-electron chi connectivity index (χ3n) is 4.04. The van der Waals surface area contributed by atoms with E-state index in [9.17, 15) is 29.1 Å². The maximum absolute atomic E-state index is 11.6. The first-order valence-electron chi connectivity index (χ1n) is 8.46. The van der Waals surface area contributed by atoms with Crippen molar-refractivity contribution in [3.05, 3.63) is 6.33 Å². The molecule has 1 saturated heterocycles. The lowest BCUT2D eigenvalue weighted by Crippen LogP contribution is -2.33. The van der Waals surface area contributed by atoms with E-state index in [2.05, 4.69) is 35.4 Å². The molecule has 0 spiro atoms. The number of anilines is 1. The molecule has 6 atom stereocenters. The minimum absolute atomic E-state index is 0.0834. The van der Waals surface area contributed by atoms with E-state index in [0.717, 1.165) is 0 Å². The number of rotatable bonds is 9. The summed E-state index contributed by atoms with van der Waals surface area (Å²) in [4.78, 5) is 48.7. The fraction of sp³-hybridized carbons (Fsp3) is 0.545. The van der Waals surface area contributed by atoms with Crippen LogP contribution in [-0.4, -0.2) is 80.5 Å².